The second kappa shape index (κ2) is 4.74. The van der Waals surface area contributed by atoms with Gasteiger partial charge in [0.1, 0.15) is 5.75 Å². The predicted octanol–water partition coefficient (Wildman–Crippen LogP) is 2.45. The molecule has 78 valence electrons. The maximum absolute atomic E-state index is 9.58. The average Bonchev–Trinajstić information content (AvgIpc) is 2.19. The SMILES string of the molecule is CCCCc1c(O)ccc(O)c1OC. The highest BCUT2D eigenvalue weighted by molar-refractivity contribution is 5.52. The molecule has 14 heavy (non-hydrogen) atoms. The molecule has 0 heterocycles. The van der Waals surface area contributed by atoms with E-state index in [1.54, 1.807) is 0 Å². The number of methoxy groups -OCH3 is 1. The normalized spacial score (nSPS) is 10.1. The van der Waals surface area contributed by atoms with E-state index in [2.05, 4.69) is 6.92 Å². The molecule has 0 aromatic heterocycles. The summed E-state index contributed by atoms with van der Waals surface area (Å²) in [5, 5.41) is 19.1. The van der Waals surface area contributed by atoms with Gasteiger partial charge < -0.3 is 14.9 Å². The Labute approximate surface area is 84.0 Å². The lowest BCUT2D eigenvalue weighted by Gasteiger charge is -2.11. The van der Waals surface area contributed by atoms with Gasteiger partial charge in [0.15, 0.2) is 11.5 Å². The van der Waals surface area contributed by atoms with Gasteiger partial charge in [0.25, 0.3) is 0 Å². The molecule has 0 bridgehead atoms. The molecule has 0 saturated carbocycles. The van der Waals surface area contributed by atoms with E-state index in [1.807, 2.05) is 0 Å². The van der Waals surface area contributed by atoms with E-state index in [-0.39, 0.29) is 11.5 Å². The van der Waals surface area contributed by atoms with Crippen molar-refractivity contribution >= 4 is 0 Å². The molecule has 0 atom stereocenters. The van der Waals surface area contributed by atoms with Crippen LogP contribution in [0, 0.1) is 0 Å². The van der Waals surface area contributed by atoms with Gasteiger partial charge in [-0.05, 0) is 25.0 Å². The van der Waals surface area contributed by atoms with Crippen LogP contribution in [0.15, 0.2) is 12.1 Å². The van der Waals surface area contributed by atoms with Gasteiger partial charge in [-0.3, -0.25) is 0 Å². The van der Waals surface area contributed by atoms with Crippen LogP contribution in [0.5, 0.6) is 17.2 Å². The number of benzene rings is 1. The summed E-state index contributed by atoms with van der Waals surface area (Å²) in [7, 11) is 1.49. The molecule has 1 rings (SSSR count). The van der Waals surface area contributed by atoms with Crippen LogP contribution in [-0.4, -0.2) is 17.3 Å². The summed E-state index contributed by atoms with van der Waals surface area (Å²) in [6.45, 7) is 2.08. The van der Waals surface area contributed by atoms with Crippen LogP contribution >= 0.6 is 0 Å². The highest BCUT2D eigenvalue weighted by Crippen LogP contribution is 2.36. The fourth-order valence-electron chi connectivity index (χ4n) is 1.43. The summed E-state index contributed by atoms with van der Waals surface area (Å²) in [6, 6.07) is 2.92. The van der Waals surface area contributed by atoms with Crippen LogP contribution in [0.4, 0.5) is 0 Å². The second-order valence-corrected chi connectivity index (χ2v) is 3.22. The Bertz CT molecular complexity index is 308. The largest absolute Gasteiger partial charge is 0.508 e. The number of phenols is 2. The number of ether oxygens (including phenoxy) is 1. The van der Waals surface area contributed by atoms with Crippen LogP contribution in [0.2, 0.25) is 0 Å². The minimum atomic E-state index is 0.0800. The van der Waals surface area contributed by atoms with Crippen molar-refractivity contribution in [3.8, 4) is 17.2 Å². The van der Waals surface area contributed by atoms with Gasteiger partial charge in [0.2, 0.25) is 0 Å². The van der Waals surface area contributed by atoms with Crippen LogP contribution in [0.25, 0.3) is 0 Å². The Balaban J connectivity index is 3.03. The highest BCUT2D eigenvalue weighted by atomic mass is 16.5. The lowest BCUT2D eigenvalue weighted by molar-refractivity contribution is 0.362. The van der Waals surface area contributed by atoms with Gasteiger partial charge in [-0.2, -0.15) is 0 Å². The molecule has 0 unspecified atom stereocenters. The molecule has 0 aliphatic rings. The van der Waals surface area contributed by atoms with E-state index in [9.17, 15) is 10.2 Å². The minimum absolute atomic E-state index is 0.0800. The number of unbranched alkanes of at least 4 members (excludes halogenated alkanes) is 1. The summed E-state index contributed by atoms with van der Waals surface area (Å²) in [4.78, 5) is 0. The molecule has 0 spiro atoms. The molecule has 1 aromatic rings. The molecule has 2 N–H and O–H groups in total. The number of phenolic OH excluding ortho intramolecular Hbond substituents is 2. The average molecular weight is 196 g/mol. The Morgan fingerprint density at radius 2 is 1.86 bits per heavy atom. The molecule has 3 nitrogen and oxygen atoms in total. The van der Waals surface area contributed by atoms with Crippen molar-refractivity contribution in [2.75, 3.05) is 7.11 Å². The van der Waals surface area contributed by atoms with E-state index in [0.717, 1.165) is 19.3 Å². The van der Waals surface area contributed by atoms with Crippen molar-refractivity contribution in [1.82, 2.24) is 0 Å². The van der Waals surface area contributed by atoms with Crippen molar-refractivity contribution in [3.63, 3.8) is 0 Å². The maximum atomic E-state index is 9.58. The quantitative estimate of drug-likeness (QED) is 0.727. The predicted molar refractivity (Wildman–Crippen MR) is 54.9 cm³/mol. The van der Waals surface area contributed by atoms with Gasteiger partial charge in [-0.25, -0.2) is 0 Å². The summed E-state index contributed by atoms with van der Waals surface area (Å²) in [6.07, 6.45) is 2.73. The third-order valence-corrected chi connectivity index (χ3v) is 2.20. The molecule has 0 aliphatic heterocycles. The van der Waals surface area contributed by atoms with E-state index in [0.29, 0.717) is 11.3 Å². The van der Waals surface area contributed by atoms with Crippen molar-refractivity contribution < 1.29 is 14.9 Å². The molecule has 0 aliphatic carbocycles. The zero-order chi connectivity index (χ0) is 10.6. The van der Waals surface area contributed by atoms with Gasteiger partial charge in [0.05, 0.1) is 7.11 Å². The first-order chi connectivity index (χ1) is 6.70. The number of hydrogen-bond donors (Lipinski definition) is 2. The third-order valence-electron chi connectivity index (χ3n) is 2.20. The summed E-state index contributed by atoms with van der Waals surface area (Å²) >= 11 is 0. The standard InChI is InChI=1S/C11H16O3/c1-3-4-5-8-9(12)6-7-10(13)11(8)14-2/h6-7,12-13H,3-5H2,1-2H3. The number of rotatable bonds is 4. The molecule has 0 amide bonds. The number of aromatic hydroxyl groups is 2. The van der Waals surface area contributed by atoms with Crippen LogP contribution in [0.1, 0.15) is 25.3 Å². The lowest BCUT2D eigenvalue weighted by Crippen LogP contribution is -1.93. The molecular formula is C11H16O3. The first-order valence-electron chi connectivity index (χ1n) is 4.78. The second-order valence-electron chi connectivity index (χ2n) is 3.22. The molecule has 0 saturated heterocycles. The summed E-state index contributed by atoms with van der Waals surface area (Å²) in [5.74, 6) is 0.656. The monoisotopic (exact) mass is 196 g/mol. The Kier molecular flexibility index (Phi) is 3.63. The molecule has 0 radical (unpaired) electrons. The smallest absolute Gasteiger partial charge is 0.167 e. The van der Waals surface area contributed by atoms with Crippen LogP contribution in [0.3, 0.4) is 0 Å². The van der Waals surface area contributed by atoms with Gasteiger partial charge in [-0.1, -0.05) is 13.3 Å². The minimum Gasteiger partial charge on any atom is -0.508 e. The molecule has 0 fully saturated rings. The van der Waals surface area contributed by atoms with Gasteiger partial charge in [0, 0.05) is 5.56 Å². The Morgan fingerprint density at radius 3 is 2.43 bits per heavy atom. The van der Waals surface area contributed by atoms with E-state index >= 15 is 0 Å². The first kappa shape index (κ1) is 10.7. The fourth-order valence-corrected chi connectivity index (χ4v) is 1.43. The first-order valence-corrected chi connectivity index (χ1v) is 4.78. The van der Waals surface area contributed by atoms with E-state index in [4.69, 9.17) is 4.74 Å². The molecule has 1 aromatic carbocycles. The van der Waals surface area contributed by atoms with Crippen LogP contribution in [-0.2, 0) is 6.42 Å². The molecular weight excluding hydrogens is 180 g/mol. The molecule has 3 heteroatoms. The zero-order valence-electron chi connectivity index (χ0n) is 8.58. The van der Waals surface area contributed by atoms with Gasteiger partial charge >= 0.3 is 0 Å². The zero-order valence-corrected chi connectivity index (χ0v) is 8.58. The Hall–Kier alpha value is -1.38. The van der Waals surface area contributed by atoms with Crippen molar-refractivity contribution in [3.05, 3.63) is 17.7 Å². The Morgan fingerprint density at radius 1 is 1.21 bits per heavy atom. The third kappa shape index (κ3) is 2.10. The van der Waals surface area contributed by atoms with Crippen LogP contribution < -0.4 is 4.74 Å². The van der Waals surface area contributed by atoms with Crippen molar-refractivity contribution in [1.29, 1.82) is 0 Å². The van der Waals surface area contributed by atoms with E-state index in [1.165, 1.54) is 19.2 Å². The highest BCUT2D eigenvalue weighted by Gasteiger charge is 2.12. The van der Waals surface area contributed by atoms with Gasteiger partial charge in [-0.15, -0.1) is 0 Å². The summed E-state index contributed by atoms with van der Waals surface area (Å²) in [5.41, 5.74) is 0.689. The lowest BCUT2D eigenvalue weighted by atomic mass is 10.1. The van der Waals surface area contributed by atoms with Crippen molar-refractivity contribution in [2.45, 2.75) is 26.2 Å². The van der Waals surface area contributed by atoms with E-state index < -0.39 is 0 Å². The topological polar surface area (TPSA) is 49.7 Å². The number of hydrogen-bond acceptors (Lipinski definition) is 3. The maximum Gasteiger partial charge on any atom is 0.167 e. The van der Waals surface area contributed by atoms with Crippen molar-refractivity contribution in [2.24, 2.45) is 0 Å². The summed E-state index contributed by atoms with van der Waals surface area (Å²) < 4.78 is 5.04. The fraction of sp³-hybridized carbons (Fsp3) is 0.455.